The van der Waals surface area contributed by atoms with E-state index in [0.717, 1.165) is 24.8 Å². The summed E-state index contributed by atoms with van der Waals surface area (Å²) in [5, 5.41) is 11.0. The number of para-hydroxylation sites is 2. The van der Waals surface area contributed by atoms with Crippen LogP contribution in [0.3, 0.4) is 0 Å². The third-order valence-electron chi connectivity index (χ3n) is 4.91. The second kappa shape index (κ2) is 8.20. The molecule has 144 valence electrons. The fourth-order valence-electron chi connectivity index (χ4n) is 3.58. The van der Waals surface area contributed by atoms with Gasteiger partial charge in [0.2, 0.25) is 11.8 Å². The van der Waals surface area contributed by atoms with Gasteiger partial charge in [-0.25, -0.2) is 4.79 Å². The molecule has 1 aliphatic rings. The number of carboxylic acids is 1. The molecule has 0 aliphatic carbocycles. The third-order valence-corrected chi connectivity index (χ3v) is 4.91. The van der Waals surface area contributed by atoms with Crippen molar-refractivity contribution in [2.45, 2.75) is 57.5 Å². The zero-order valence-electron chi connectivity index (χ0n) is 15.0. The number of amides is 2. The van der Waals surface area contributed by atoms with Crippen LogP contribution in [0.1, 0.15) is 51.0 Å². The minimum atomic E-state index is -0.793. The topological polar surface area (TPSA) is 110 Å². The first-order valence-corrected chi connectivity index (χ1v) is 9.24. The number of hydrogen-bond donors (Lipinski definition) is 2. The van der Waals surface area contributed by atoms with Gasteiger partial charge in [0.05, 0.1) is 11.0 Å². The Bertz CT molecular complexity index is 927. The first kappa shape index (κ1) is 18.9. The van der Waals surface area contributed by atoms with Gasteiger partial charge in [0.15, 0.2) is 0 Å². The highest BCUT2D eigenvalue weighted by Crippen LogP contribution is 2.23. The number of carbonyl (C=O) groups excluding carboxylic acids is 2. The number of rotatable bonds is 8. The largest absolute Gasteiger partial charge is 0.481 e. The smallest absolute Gasteiger partial charge is 0.329 e. The molecule has 2 aromatic rings. The maximum absolute atomic E-state index is 13.0. The summed E-state index contributed by atoms with van der Waals surface area (Å²) >= 11 is 0. The molecule has 0 bridgehead atoms. The molecule has 0 radical (unpaired) electrons. The molecule has 27 heavy (non-hydrogen) atoms. The molecule has 2 N–H and O–H groups in total. The highest BCUT2D eigenvalue weighted by atomic mass is 16.4. The number of aryl methyl sites for hydroxylation is 1. The summed E-state index contributed by atoms with van der Waals surface area (Å²) in [6, 6.07) is 6.64. The summed E-state index contributed by atoms with van der Waals surface area (Å²) in [5.41, 5.74) is 1.19. The van der Waals surface area contributed by atoms with Crippen molar-refractivity contribution in [1.82, 2.24) is 14.5 Å². The molecule has 1 fully saturated rings. The van der Waals surface area contributed by atoms with Gasteiger partial charge < -0.3 is 5.11 Å². The Morgan fingerprint density at radius 2 is 1.78 bits per heavy atom. The summed E-state index contributed by atoms with van der Waals surface area (Å²) in [6.45, 7) is 0.507. The first-order chi connectivity index (χ1) is 13.0. The fourth-order valence-corrected chi connectivity index (χ4v) is 3.58. The first-order valence-electron chi connectivity index (χ1n) is 9.24. The molecule has 1 aromatic carbocycles. The van der Waals surface area contributed by atoms with E-state index in [4.69, 9.17) is 5.11 Å². The number of imidazole rings is 1. The van der Waals surface area contributed by atoms with Crippen LogP contribution in [0.15, 0.2) is 29.1 Å². The maximum atomic E-state index is 13.0. The van der Waals surface area contributed by atoms with Crippen molar-refractivity contribution in [2.24, 2.45) is 0 Å². The zero-order valence-corrected chi connectivity index (χ0v) is 15.0. The molecule has 1 aromatic heterocycles. The molecule has 3 rings (SSSR count). The second-order valence-electron chi connectivity index (χ2n) is 6.82. The molecule has 1 atom stereocenters. The van der Waals surface area contributed by atoms with E-state index < -0.39 is 17.9 Å². The van der Waals surface area contributed by atoms with E-state index in [1.54, 1.807) is 4.57 Å². The average molecular weight is 373 g/mol. The van der Waals surface area contributed by atoms with Gasteiger partial charge in [-0.05, 0) is 31.4 Å². The van der Waals surface area contributed by atoms with Crippen LogP contribution in [0, 0.1) is 0 Å². The lowest BCUT2D eigenvalue weighted by Gasteiger charge is -2.21. The van der Waals surface area contributed by atoms with E-state index in [2.05, 4.69) is 5.32 Å². The molecular weight excluding hydrogens is 350 g/mol. The van der Waals surface area contributed by atoms with Gasteiger partial charge in [0, 0.05) is 19.4 Å². The number of carboxylic acid groups (broad SMARTS) is 1. The highest BCUT2D eigenvalue weighted by Gasteiger charge is 2.31. The number of unbranched alkanes of at least 4 members (excludes halogenated alkanes) is 3. The number of aliphatic carboxylic acids is 1. The van der Waals surface area contributed by atoms with E-state index in [1.165, 1.54) is 4.57 Å². The van der Waals surface area contributed by atoms with Crippen molar-refractivity contribution in [1.29, 1.82) is 0 Å². The number of piperidine rings is 1. The van der Waals surface area contributed by atoms with E-state index in [1.807, 2.05) is 24.3 Å². The van der Waals surface area contributed by atoms with E-state index in [-0.39, 0.29) is 24.4 Å². The number of nitrogens with one attached hydrogen (secondary N) is 1. The fraction of sp³-hybridized carbons (Fsp3) is 0.474. The number of carbonyl (C=O) groups is 3. The van der Waals surface area contributed by atoms with Crippen molar-refractivity contribution in [3.8, 4) is 0 Å². The Morgan fingerprint density at radius 1 is 1.07 bits per heavy atom. The molecule has 1 aliphatic heterocycles. The van der Waals surface area contributed by atoms with Crippen molar-refractivity contribution in [2.75, 3.05) is 0 Å². The van der Waals surface area contributed by atoms with Crippen LogP contribution in [-0.2, 0) is 20.9 Å². The highest BCUT2D eigenvalue weighted by molar-refractivity contribution is 6.00. The lowest BCUT2D eigenvalue weighted by atomic mass is 10.1. The van der Waals surface area contributed by atoms with Crippen LogP contribution < -0.4 is 11.0 Å². The number of fused-ring (bicyclic) bond motifs is 1. The molecule has 1 saturated heterocycles. The van der Waals surface area contributed by atoms with Gasteiger partial charge in [0.1, 0.15) is 6.04 Å². The lowest BCUT2D eigenvalue weighted by Crippen LogP contribution is -2.44. The van der Waals surface area contributed by atoms with Gasteiger partial charge in [-0.15, -0.1) is 0 Å². The van der Waals surface area contributed by atoms with Crippen LogP contribution in [0.5, 0.6) is 0 Å². The van der Waals surface area contributed by atoms with Gasteiger partial charge in [0.25, 0.3) is 0 Å². The standard InChI is InChI=1S/C19H23N3O5/c23-16-11-10-15(18(26)20-16)22-14-8-5-4-7-13(14)21(19(22)27)12-6-2-1-3-9-17(24)25/h4-5,7-8,15H,1-3,6,9-12H2,(H,24,25)(H,20,23,26). The van der Waals surface area contributed by atoms with Crippen LogP contribution in [0.2, 0.25) is 0 Å². The predicted molar refractivity (Wildman–Crippen MR) is 98.3 cm³/mol. The molecule has 0 saturated carbocycles. The van der Waals surface area contributed by atoms with Crippen LogP contribution in [0.25, 0.3) is 11.0 Å². The molecular formula is C19H23N3O5. The Labute approximate surface area is 155 Å². The minimum absolute atomic E-state index is 0.161. The minimum Gasteiger partial charge on any atom is -0.481 e. The third kappa shape index (κ3) is 4.10. The second-order valence-corrected chi connectivity index (χ2v) is 6.82. The zero-order chi connectivity index (χ0) is 19.4. The number of hydrogen-bond acceptors (Lipinski definition) is 4. The van der Waals surface area contributed by atoms with Gasteiger partial charge in [-0.2, -0.15) is 0 Å². The van der Waals surface area contributed by atoms with Crippen LogP contribution in [-0.4, -0.2) is 32.0 Å². The summed E-state index contributed by atoms with van der Waals surface area (Å²) in [6.07, 6.45) is 3.70. The average Bonchev–Trinajstić information content (AvgIpc) is 2.90. The summed E-state index contributed by atoms with van der Waals surface area (Å²) in [5.74, 6) is -1.54. The Kier molecular flexibility index (Phi) is 5.73. The van der Waals surface area contributed by atoms with Gasteiger partial charge in [-0.3, -0.25) is 28.8 Å². The van der Waals surface area contributed by atoms with E-state index >= 15 is 0 Å². The van der Waals surface area contributed by atoms with Gasteiger partial charge >= 0.3 is 11.7 Å². The van der Waals surface area contributed by atoms with Crippen LogP contribution >= 0.6 is 0 Å². The Morgan fingerprint density at radius 3 is 2.48 bits per heavy atom. The monoisotopic (exact) mass is 373 g/mol. The number of benzene rings is 1. The summed E-state index contributed by atoms with van der Waals surface area (Å²) < 4.78 is 3.15. The normalized spacial score (nSPS) is 17.3. The Hall–Kier alpha value is -2.90. The van der Waals surface area contributed by atoms with Crippen molar-refractivity contribution in [3.63, 3.8) is 0 Å². The molecule has 2 heterocycles. The molecule has 1 unspecified atom stereocenters. The summed E-state index contributed by atoms with van der Waals surface area (Å²) in [4.78, 5) is 47.2. The lowest BCUT2D eigenvalue weighted by molar-refractivity contribution is -0.137. The SMILES string of the molecule is O=C(O)CCCCCCn1c(=O)n(C2CCC(=O)NC2=O)c2ccccc21. The van der Waals surface area contributed by atoms with Crippen LogP contribution in [0.4, 0.5) is 0 Å². The number of nitrogens with zero attached hydrogens (tertiary/aromatic N) is 2. The Balaban J connectivity index is 1.79. The maximum Gasteiger partial charge on any atom is 0.329 e. The van der Waals surface area contributed by atoms with Crippen molar-refractivity contribution in [3.05, 3.63) is 34.7 Å². The molecule has 0 spiro atoms. The van der Waals surface area contributed by atoms with E-state index in [0.29, 0.717) is 24.9 Å². The predicted octanol–water partition coefficient (Wildman–Crippen LogP) is 1.82. The van der Waals surface area contributed by atoms with Gasteiger partial charge in [-0.1, -0.05) is 25.0 Å². The molecule has 8 nitrogen and oxygen atoms in total. The number of aromatic nitrogens is 2. The van der Waals surface area contributed by atoms with E-state index in [9.17, 15) is 19.2 Å². The molecule has 8 heteroatoms. The van der Waals surface area contributed by atoms with Crippen molar-refractivity contribution >= 4 is 28.8 Å². The number of imide groups is 1. The quantitative estimate of drug-likeness (QED) is 0.542. The summed E-state index contributed by atoms with van der Waals surface area (Å²) in [7, 11) is 0. The molecule has 2 amide bonds. The van der Waals surface area contributed by atoms with Crippen molar-refractivity contribution < 1.29 is 19.5 Å².